The van der Waals surface area contributed by atoms with Crippen molar-refractivity contribution in [1.82, 2.24) is 14.5 Å². The Kier molecular flexibility index (Phi) is 6.35. The van der Waals surface area contributed by atoms with Crippen LogP contribution in [0.2, 0.25) is 5.02 Å². The van der Waals surface area contributed by atoms with Crippen molar-refractivity contribution in [3.8, 4) is 0 Å². The minimum absolute atomic E-state index is 0.139. The third-order valence-corrected chi connectivity index (χ3v) is 5.24. The SMILES string of the molecule is COCCN(C(=O)c1ccc(C)cc1)C(C)c1nc2ccc(Cl)cc2c(=O)n1C. The predicted octanol–water partition coefficient (Wildman–Crippen LogP) is 3.75. The van der Waals surface area contributed by atoms with Crippen LogP contribution in [0.1, 0.15) is 34.7 Å². The maximum absolute atomic E-state index is 13.2. The third kappa shape index (κ3) is 4.33. The van der Waals surface area contributed by atoms with Crippen LogP contribution in [0.15, 0.2) is 47.3 Å². The summed E-state index contributed by atoms with van der Waals surface area (Å²) in [6.07, 6.45) is 0. The van der Waals surface area contributed by atoms with Gasteiger partial charge in [0.15, 0.2) is 0 Å². The summed E-state index contributed by atoms with van der Waals surface area (Å²) >= 11 is 6.03. The number of carbonyl (C=O) groups excluding carboxylic acids is 1. The summed E-state index contributed by atoms with van der Waals surface area (Å²) in [6.45, 7) is 4.59. The van der Waals surface area contributed by atoms with Gasteiger partial charge in [-0.05, 0) is 44.2 Å². The average molecular weight is 414 g/mol. The van der Waals surface area contributed by atoms with E-state index in [2.05, 4.69) is 4.98 Å². The summed E-state index contributed by atoms with van der Waals surface area (Å²) in [5.74, 6) is 0.362. The molecule has 6 nitrogen and oxygen atoms in total. The van der Waals surface area contributed by atoms with Crippen molar-refractivity contribution in [1.29, 1.82) is 0 Å². The number of hydrogen-bond donors (Lipinski definition) is 0. The number of aromatic nitrogens is 2. The molecule has 2 aromatic carbocycles. The molecule has 3 rings (SSSR count). The molecule has 0 spiro atoms. The molecule has 152 valence electrons. The van der Waals surface area contributed by atoms with Gasteiger partial charge >= 0.3 is 0 Å². The second-order valence-electron chi connectivity index (χ2n) is 7.03. The molecule has 0 N–H and O–H groups in total. The van der Waals surface area contributed by atoms with E-state index in [9.17, 15) is 9.59 Å². The van der Waals surface area contributed by atoms with E-state index in [1.54, 1.807) is 49.4 Å². The van der Waals surface area contributed by atoms with Gasteiger partial charge in [0.25, 0.3) is 11.5 Å². The predicted molar refractivity (Wildman–Crippen MR) is 115 cm³/mol. The number of methoxy groups -OCH3 is 1. The Labute approximate surface area is 174 Å². The van der Waals surface area contributed by atoms with Gasteiger partial charge in [-0.1, -0.05) is 29.3 Å². The molecule has 0 bridgehead atoms. The van der Waals surface area contributed by atoms with Gasteiger partial charge in [0.1, 0.15) is 5.82 Å². The van der Waals surface area contributed by atoms with E-state index in [1.807, 2.05) is 26.0 Å². The topological polar surface area (TPSA) is 64.4 Å². The first-order valence-corrected chi connectivity index (χ1v) is 9.74. The molecule has 3 aromatic rings. The fourth-order valence-electron chi connectivity index (χ4n) is 3.30. The molecule has 1 unspecified atom stereocenters. The van der Waals surface area contributed by atoms with Gasteiger partial charge in [0.05, 0.1) is 23.6 Å². The molecular weight excluding hydrogens is 390 g/mol. The van der Waals surface area contributed by atoms with Gasteiger partial charge in [0.2, 0.25) is 0 Å². The Morgan fingerprint density at radius 3 is 2.59 bits per heavy atom. The number of aryl methyl sites for hydroxylation is 1. The highest BCUT2D eigenvalue weighted by Gasteiger charge is 2.26. The van der Waals surface area contributed by atoms with Crippen LogP contribution in [0.3, 0.4) is 0 Å². The number of benzene rings is 2. The first kappa shape index (κ1) is 21.0. The van der Waals surface area contributed by atoms with Crippen LogP contribution in [0.5, 0.6) is 0 Å². The lowest BCUT2D eigenvalue weighted by atomic mass is 10.1. The lowest BCUT2D eigenvalue weighted by Crippen LogP contribution is -2.39. The molecule has 1 atom stereocenters. The van der Waals surface area contributed by atoms with Crippen molar-refractivity contribution in [2.24, 2.45) is 7.05 Å². The smallest absolute Gasteiger partial charge is 0.261 e. The van der Waals surface area contributed by atoms with E-state index in [4.69, 9.17) is 16.3 Å². The normalized spacial score (nSPS) is 12.2. The molecule has 0 saturated heterocycles. The zero-order valence-electron chi connectivity index (χ0n) is 17.0. The molecule has 1 aromatic heterocycles. The third-order valence-electron chi connectivity index (χ3n) is 5.01. The van der Waals surface area contributed by atoms with Gasteiger partial charge in [-0.25, -0.2) is 4.98 Å². The van der Waals surface area contributed by atoms with Gasteiger partial charge in [-0.2, -0.15) is 0 Å². The number of halogens is 1. The Bertz CT molecular complexity index is 1090. The molecule has 29 heavy (non-hydrogen) atoms. The number of rotatable bonds is 6. The summed E-state index contributed by atoms with van der Waals surface area (Å²) in [5.41, 5.74) is 2.01. The fourth-order valence-corrected chi connectivity index (χ4v) is 3.47. The first-order chi connectivity index (χ1) is 13.8. The van der Waals surface area contributed by atoms with Crippen molar-refractivity contribution in [3.63, 3.8) is 0 Å². The minimum Gasteiger partial charge on any atom is -0.383 e. The van der Waals surface area contributed by atoms with Crippen molar-refractivity contribution in [3.05, 3.63) is 74.8 Å². The number of nitrogens with zero attached hydrogens (tertiary/aromatic N) is 3. The maximum atomic E-state index is 13.2. The number of carbonyl (C=O) groups is 1. The number of ether oxygens (including phenoxy) is 1. The molecular formula is C22H24ClN3O3. The molecule has 7 heteroatoms. The highest BCUT2D eigenvalue weighted by Crippen LogP contribution is 2.23. The van der Waals surface area contributed by atoms with Crippen molar-refractivity contribution < 1.29 is 9.53 Å². The summed E-state index contributed by atoms with van der Waals surface area (Å²) < 4.78 is 6.68. The van der Waals surface area contributed by atoms with Gasteiger partial charge in [-0.3, -0.25) is 14.2 Å². The highest BCUT2D eigenvalue weighted by atomic mass is 35.5. The van der Waals surface area contributed by atoms with E-state index in [1.165, 1.54) is 4.57 Å². The van der Waals surface area contributed by atoms with E-state index >= 15 is 0 Å². The average Bonchev–Trinajstić information content (AvgIpc) is 2.71. The minimum atomic E-state index is -0.434. The van der Waals surface area contributed by atoms with E-state index in [-0.39, 0.29) is 11.5 Å². The Morgan fingerprint density at radius 2 is 1.93 bits per heavy atom. The van der Waals surface area contributed by atoms with Crippen molar-refractivity contribution in [2.45, 2.75) is 19.9 Å². The van der Waals surface area contributed by atoms with Crippen LogP contribution in [0, 0.1) is 6.92 Å². The van der Waals surface area contributed by atoms with Gasteiger partial charge in [0, 0.05) is 31.3 Å². The Balaban J connectivity index is 2.05. The second kappa shape index (κ2) is 8.76. The number of amides is 1. The first-order valence-electron chi connectivity index (χ1n) is 9.36. The fraction of sp³-hybridized carbons (Fsp3) is 0.318. The lowest BCUT2D eigenvalue weighted by Gasteiger charge is -2.30. The Hall–Kier alpha value is -2.70. The summed E-state index contributed by atoms with van der Waals surface area (Å²) in [5, 5.41) is 0.928. The van der Waals surface area contributed by atoms with Crippen LogP contribution >= 0.6 is 11.6 Å². The molecule has 1 heterocycles. The molecule has 1 amide bonds. The molecule has 0 aliphatic heterocycles. The van der Waals surface area contributed by atoms with Crippen molar-refractivity contribution in [2.75, 3.05) is 20.3 Å². The lowest BCUT2D eigenvalue weighted by molar-refractivity contribution is 0.0604. The molecule has 0 saturated carbocycles. The molecule has 0 aliphatic rings. The van der Waals surface area contributed by atoms with Crippen molar-refractivity contribution >= 4 is 28.4 Å². The molecule has 0 fully saturated rings. The largest absolute Gasteiger partial charge is 0.383 e. The number of fused-ring (bicyclic) bond motifs is 1. The standard InChI is InChI=1S/C22H24ClN3O3/c1-14-5-7-16(8-6-14)21(27)26(11-12-29-4)15(2)20-24-19-10-9-17(23)13-18(19)22(28)25(20)3/h5-10,13,15H,11-12H2,1-4H3. The van der Waals surface area contributed by atoms with Crippen LogP contribution in [-0.2, 0) is 11.8 Å². The van der Waals surface area contributed by atoms with Gasteiger partial charge < -0.3 is 9.64 Å². The van der Waals surface area contributed by atoms with Crippen LogP contribution in [0.25, 0.3) is 10.9 Å². The van der Waals surface area contributed by atoms with Crippen LogP contribution < -0.4 is 5.56 Å². The maximum Gasteiger partial charge on any atom is 0.261 e. The van der Waals surface area contributed by atoms with Gasteiger partial charge in [-0.15, -0.1) is 0 Å². The van der Waals surface area contributed by atoms with Crippen LogP contribution in [0.4, 0.5) is 0 Å². The summed E-state index contributed by atoms with van der Waals surface area (Å²) in [6, 6.07) is 12.0. The van der Waals surface area contributed by atoms with E-state index in [0.717, 1.165) is 5.56 Å². The second-order valence-corrected chi connectivity index (χ2v) is 7.47. The van der Waals surface area contributed by atoms with Crippen LogP contribution in [-0.4, -0.2) is 40.6 Å². The summed E-state index contributed by atoms with van der Waals surface area (Å²) in [7, 11) is 3.25. The van der Waals surface area contributed by atoms with E-state index < -0.39 is 6.04 Å². The quantitative estimate of drug-likeness (QED) is 0.617. The zero-order valence-corrected chi connectivity index (χ0v) is 17.7. The highest BCUT2D eigenvalue weighted by molar-refractivity contribution is 6.31. The number of hydrogen-bond acceptors (Lipinski definition) is 4. The summed E-state index contributed by atoms with van der Waals surface area (Å²) in [4.78, 5) is 32.4. The Morgan fingerprint density at radius 1 is 1.24 bits per heavy atom. The monoisotopic (exact) mass is 413 g/mol. The molecule has 0 aliphatic carbocycles. The molecule has 0 radical (unpaired) electrons. The zero-order chi connectivity index (χ0) is 21.1. The van der Waals surface area contributed by atoms with E-state index in [0.29, 0.717) is 40.5 Å².